The number of fused-ring (bicyclic) bond motifs is 1. The lowest BCUT2D eigenvalue weighted by molar-refractivity contribution is -0.128. The molecular weight excluding hydrogens is 333 g/mol. The summed E-state index contributed by atoms with van der Waals surface area (Å²) >= 11 is 18.3. The number of nitrogens with zero attached hydrogens (tertiary/aromatic N) is 3. The molecule has 0 bridgehead atoms. The molecule has 21 heavy (non-hydrogen) atoms. The second-order valence-corrected chi connectivity index (χ2v) is 6.50. The van der Waals surface area contributed by atoms with Crippen molar-refractivity contribution in [2.75, 3.05) is 14.1 Å². The van der Waals surface area contributed by atoms with Gasteiger partial charge in [-0.25, -0.2) is 4.98 Å². The van der Waals surface area contributed by atoms with Crippen molar-refractivity contribution in [3.05, 3.63) is 28.0 Å². The molecule has 1 atom stereocenters. The fourth-order valence-corrected chi connectivity index (χ4v) is 2.59. The molecule has 1 aromatic heterocycles. The van der Waals surface area contributed by atoms with Gasteiger partial charge in [-0.15, -0.1) is 11.6 Å². The van der Waals surface area contributed by atoms with Crippen LogP contribution in [0.3, 0.4) is 0 Å². The molecule has 0 aliphatic rings. The molecule has 1 unspecified atom stereocenters. The van der Waals surface area contributed by atoms with Gasteiger partial charge in [-0.05, 0) is 19.1 Å². The van der Waals surface area contributed by atoms with E-state index < -0.39 is 0 Å². The van der Waals surface area contributed by atoms with Gasteiger partial charge in [0.1, 0.15) is 5.82 Å². The van der Waals surface area contributed by atoms with Gasteiger partial charge in [0.15, 0.2) is 0 Å². The van der Waals surface area contributed by atoms with E-state index in [4.69, 9.17) is 34.8 Å². The number of imidazole rings is 1. The van der Waals surface area contributed by atoms with E-state index in [1.165, 1.54) is 0 Å². The number of hydrogen-bond acceptors (Lipinski definition) is 2. The van der Waals surface area contributed by atoms with Crippen LogP contribution >= 0.6 is 34.8 Å². The summed E-state index contributed by atoms with van der Waals surface area (Å²) in [6.07, 6.45) is 0.370. The van der Waals surface area contributed by atoms with E-state index in [-0.39, 0.29) is 11.3 Å². The molecule has 7 heteroatoms. The normalized spacial score (nSPS) is 12.7. The first-order valence-corrected chi connectivity index (χ1v) is 7.70. The van der Waals surface area contributed by atoms with Crippen LogP contribution in [0.5, 0.6) is 0 Å². The molecule has 4 nitrogen and oxygen atoms in total. The first-order valence-electron chi connectivity index (χ1n) is 6.50. The number of aromatic nitrogens is 2. The van der Waals surface area contributed by atoms with Crippen molar-refractivity contribution in [2.24, 2.45) is 0 Å². The van der Waals surface area contributed by atoms with Crippen LogP contribution in [0.2, 0.25) is 10.0 Å². The summed E-state index contributed by atoms with van der Waals surface area (Å²) in [5.41, 5.74) is 1.56. The van der Waals surface area contributed by atoms with Gasteiger partial charge in [-0.3, -0.25) is 4.79 Å². The molecule has 0 saturated heterocycles. The third kappa shape index (κ3) is 3.44. The van der Waals surface area contributed by atoms with Crippen molar-refractivity contribution >= 4 is 51.7 Å². The summed E-state index contributed by atoms with van der Waals surface area (Å²) < 4.78 is 1.93. The fraction of sp³-hybridized carbons (Fsp3) is 0.429. The van der Waals surface area contributed by atoms with E-state index in [0.29, 0.717) is 28.8 Å². The maximum atomic E-state index is 11.8. The van der Waals surface area contributed by atoms with Crippen LogP contribution in [-0.4, -0.2) is 34.5 Å². The Balaban J connectivity index is 2.46. The second-order valence-electron chi connectivity index (χ2n) is 5.03. The topological polar surface area (TPSA) is 38.1 Å². The van der Waals surface area contributed by atoms with Gasteiger partial charge >= 0.3 is 0 Å². The quantitative estimate of drug-likeness (QED) is 0.779. The predicted octanol–water partition coefficient (Wildman–Crippen LogP) is 4.12. The van der Waals surface area contributed by atoms with Crippen LogP contribution in [0.4, 0.5) is 0 Å². The molecule has 0 saturated carbocycles. The van der Waals surface area contributed by atoms with E-state index in [1.807, 2.05) is 11.5 Å². The SMILES string of the molecule is CC(Cl)c1nc2cc(Cl)c(Cl)cc2n1CCC(=O)N(C)C. The molecule has 0 spiro atoms. The number of carbonyl (C=O) groups excluding carboxylic acids is 1. The van der Waals surface area contributed by atoms with Crippen molar-refractivity contribution in [2.45, 2.75) is 25.3 Å². The molecular formula is C14H16Cl3N3O. The minimum Gasteiger partial charge on any atom is -0.349 e. The molecule has 1 amide bonds. The Labute approximate surface area is 138 Å². The summed E-state index contributed by atoms with van der Waals surface area (Å²) in [6, 6.07) is 3.47. The molecule has 2 aromatic rings. The van der Waals surface area contributed by atoms with Gasteiger partial charge in [0.05, 0.1) is 26.5 Å². The minimum absolute atomic E-state index is 0.0464. The van der Waals surface area contributed by atoms with Crippen LogP contribution in [0.15, 0.2) is 12.1 Å². The third-order valence-electron chi connectivity index (χ3n) is 3.22. The molecule has 0 aliphatic carbocycles. The van der Waals surface area contributed by atoms with Crippen molar-refractivity contribution < 1.29 is 4.79 Å². The number of alkyl halides is 1. The summed E-state index contributed by atoms with van der Waals surface area (Å²) in [5.74, 6) is 0.752. The monoisotopic (exact) mass is 347 g/mol. The molecule has 0 aliphatic heterocycles. The number of rotatable bonds is 4. The van der Waals surface area contributed by atoms with Crippen LogP contribution in [0.25, 0.3) is 11.0 Å². The average Bonchev–Trinajstić information content (AvgIpc) is 2.74. The standard InChI is InChI=1S/C14H16Cl3N3O/c1-8(15)14-18-11-6-9(16)10(17)7-12(11)20(14)5-4-13(21)19(2)3/h6-8H,4-5H2,1-3H3. The van der Waals surface area contributed by atoms with E-state index in [2.05, 4.69) is 4.98 Å². The Bertz CT molecular complexity index is 680. The highest BCUT2D eigenvalue weighted by atomic mass is 35.5. The first-order chi connectivity index (χ1) is 9.81. The van der Waals surface area contributed by atoms with Gasteiger partial charge in [-0.2, -0.15) is 0 Å². The molecule has 0 radical (unpaired) electrons. The predicted molar refractivity (Wildman–Crippen MR) is 87.3 cm³/mol. The first kappa shape index (κ1) is 16.4. The number of carbonyl (C=O) groups is 1. The summed E-state index contributed by atoms with van der Waals surface area (Å²) in [5, 5.41) is 0.634. The number of hydrogen-bond donors (Lipinski definition) is 0. The largest absolute Gasteiger partial charge is 0.349 e. The summed E-state index contributed by atoms with van der Waals surface area (Å²) in [7, 11) is 3.46. The van der Waals surface area contributed by atoms with Gasteiger partial charge in [0, 0.05) is 27.1 Å². The zero-order valence-electron chi connectivity index (χ0n) is 12.0. The minimum atomic E-state index is -0.274. The maximum absolute atomic E-state index is 11.8. The maximum Gasteiger partial charge on any atom is 0.223 e. The molecule has 0 N–H and O–H groups in total. The van der Waals surface area contributed by atoms with Gasteiger partial charge in [0.25, 0.3) is 0 Å². The Hall–Kier alpha value is -0.970. The number of halogens is 3. The van der Waals surface area contributed by atoms with Crippen molar-refractivity contribution in [3.63, 3.8) is 0 Å². The number of aryl methyl sites for hydroxylation is 1. The average molecular weight is 349 g/mol. The van der Waals surface area contributed by atoms with E-state index in [9.17, 15) is 4.79 Å². The highest BCUT2D eigenvalue weighted by Gasteiger charge is 2.17. The molecule has 0 fully saturated rings. The third-order valence-corrected chi connectivity index (χ3v) is 4.14. The molecule has 114 valence electrons. The van der Waals surface area contributed by atoms with E-state index in [1.54, 1.807) is 31.1 Å². The Morgan fingerprint density at radius 2 is 1.95 bits per heavy atom. The molecule has 2 rings (SSSR count). The number of amides is 1. The fourth-order valence-electron chi connectivity index (χ4n) is 2.11. The van der Waals surface area contributed by atoms with Crippen molar-refractivity contribution in [1.82, 2.24) is 14.5 Å². The zero-order valence-corrected chi connectivity index (χ0v) is 14.3. The summed E-state index contributed by atoms with van der Waals surface area (Å²) in [6.45, 7) is 2.34. The highest BCUT2D eigenvalue weighted by molar-refractivity contribution is 6.42. The van der Waals surface area contributed by atoms with E-state index in [0.717, 1.165) is 11.0 Å². The van der Waals surface area contributed by atoms with Crippen molar-refractivity contribution in [1.29, 1.82) is 0 Å². The smallest absolute Gasteiger partial charge is 0.223 e. The van der Waals surface area contributed by atoms with Gasteiger partial charge in [0.2, 0.25) is 5.91 Å². The Morgan fingerprint density at radius 1 is 1.33 bits per heavy atom. The lowest BCUT2D eigenvalue weighted by atomic mass is 10.3. The van der Waals surface area contributed by atoms with Crippen LogP contribution in [-0.2, 0) is 11.3 Å². The van der Waals surface area contributed by atoms with Gasteiger partial charge in [-0.1, -0.05) is 23.2 Å². The Morgan fingerprint density at radius 3 is 2.52 bits per heavy atom. The Kier molecular flexibility index (Phi) is 5.02. The number of benzene rings is 1. The van der Waals surface area contributed by atoms with Crippen molar-refractivity contribution in [3.8, 4) is 0 Å². The molecule has 1 aromatic carbocycles. The van der Waals surface area contributed by atoms with Gasteiger partial charge < -0.3 is 9.47 Å². The highest BCUT2D eigenvalue weighted by Crippen LogP contribution is 2.31. The second kappa shape index (κ2) is 6.42. The lowest BCUT2D eigenvalue weighted by Gasteiger charge is -2.13. The zero-order chi connectivity index (χ0) is 15.7. The van der Waals surface area contributed by atoms with E-state index >= 15 is 0 Å². The van der Waals surface area contributed by atoms with Crippen LogP contribution < -0.4 is 0 Å². The summed E-state index contributed by atoms with van der Waals surface area (Å²) in [4.78, 5) is 17.9. The molecule has 1 heterocycles. The van der Waals surface area contributed by atoms with Crippen LogP contribution in [0.1, 0.15) is 24.5 Å². The van der Waals surface area contributed by atoms with Crippen LogP contribution in [0, 0.1) is 0 Å². The lowest BCUT2D eigenvalue weighted by Crippen LogP contribution is -2.23.